The van der Waals surface area contributed by atoms with Crippen molar-refractivity contribution in [1.29, 1.82) is 0 Å². The Hall–Kier alpha value is -2.86. The predicted octanol–water partition coefficient (Wildman–Crippen LogP) is 2.78. The number of methoxy groups -OCH3 is 1. The van der Waals surface area contributed by atoms with Crippen molar-refractivity contribution < 1.29 is 32.5 Å². The highest BCUT2D eigenvalue weighted by molar-refractivity contribution is 7.86. The lowest BCUT2D eigenvalue weighted by molar-refractivity contribution is -0.143. The molecule has 0 amide bonds. The van der Waals surface area contributed by atoms with E-state index in [0.29, 0.717) is 43.3 Å². The molecule has 37 heavy (non-hydrogen) atoms. The van der Waals surface area contributed by atoms with Crippen LogP contribution in [0, 0.1) is 5.92 Å². The number of carbonyl (C=O) groups is 1. The van der Waals surface area contributed by atoms with Crippen molar-refractivity contribution >= 4 is 16.2 Å². The lowest BCUT2D eigenvalue weighted by Crippen LogP contribution is -2.44. The van der Waals surface area contributed by atoms with Gasteiger partial charge in [0.05, 0.1) is 13.0 Å². The molecule has 1 saturated heterocycles. The van der Waals surface area contributed by atoms with Crippen LogP contribution in [0.2, 0.25) is 0 Å². The highest BCUT2D eigenvalue weighted by atomic mass is 32.2. The first-order valence-electron chi connectivity index (χ1n) is 12.3. The van der Waals surface area contributed by atoms with E-state index in [1.165, 1.54) is 22.7 Å². The highest BCUT2D eigenvalue weighted by Crippen LogP contribution is 2.47. The van der Waals surface area contributed by atoms with Crippen LogP contribution in [0.5, 0.6) is 17.2 Å². The molecule has 4 rings (SSSR count). The van der Waals surface area contributed by atoms with Crippen molar-refractivity contribution in [1.82, 2.24) is 13.5 Å². The van der Waals surface area contributed by atoms with Gasteiger partial charge < -0.3 is 19.3 Å². The number of ether oxygens (including phenoxy) is 3. The molecule has 2 aliphatic rings. The molecule has 0 aliphatic carbocycles. The largest absolute Gasteiger partial charge is 0.497 e. The topological polar surface area (TPSA) is 109 Å². The number of carboxylic acid groups (broad SMARTS) is 1. The second-order valence-electron chi connectivity index (χ2n) is 9.49. The van der Waals surface area contributed by atoms with Gasteiger partial charge in [-0.25, -0.2) is 0 Å². The molecule has 2 aromatic rings. The molecular weight excluding hydrogens is 498 g/mol. The summed E-state index contributed by atoms with van der Waals surface area (Å²) in [5, 5.41) is 10.4. The summed E-state index contributed by atoms with van der Waals surface area (Å²) in [6.45, 7) is 3.55. The molecule has 1 fully saturated rings. The molecule has 2 aliphatic heterocycles. The first-order valence-corrected chi connectivity index (χ1v) is 13.7. The standard InChI is InChI=1S/C26H35N3O7S/c1-5-12-29(37(32,33)27(2)3)14-13-28-16-21(19-8-11-22-23(15-19)36-17-35-22)24(26(30)31)25(28)18-6-9-20(34-4)10-7-18/h6-11,15,21,24-25H,5,12-14,16-17H2,1-4H3,(H,30,31)/t21-,24+,25-/m1/s1. The quantitative estimate of drug-likeness (QED) is 0.470. The monoisotopic (exact) mass is 533 g/mol. The summed E-state index contributed by atoms with van der Waals surface area (Å²) in [6.07, 6.45) is 0.673. The maximum Gasteiger partial charge on any atom is 0.309 e. The minimum atomic E-state index is -3.61. The van der Waals surface area contributed by atoms with E-state index in [1.807, 2.05) is 49.4 Å². The van der Waals surface area contributed by atoms with Gasteiger partial charge in [-0.3, -0.25) is 9.69 Å². The van der Waals surface area contributed by atoms with Gasteiger partial charge >= 0.3 is 5.97 Å². The van der Waals surface area contributed by atoms with Gasteiger partial charge in [0.2, 0.25) is 6.79 Å². The molecule has 10 nitrogen and oxygen atoms in total. The zero-order valence-electron chi connectivity index (χ0n) is 21.7. The summed E-state index contributed by atoms with van der Waals surface area (Å²) >= 11 is 0. The van der Waals surface area contributed by atoms with E-state index in [2.05, 4.69) is 4.90 Å². The Bertz CT molecular complexity index is 1200. The number of likely N-dealkylation sites (tertiary alicyclic amines) is 1. The van der Waals surface area contributed by atoms with Gasteiger partial charge in [0.25, 0.3) is 10.2 Å². The van der Waals surface area contributed by atoms with Crippen LogP contribution in [0.1, 0.15) is 36.4 Å². The van der Waals surface area contributed by atoms with Gasteiger partial charge in [0.15, 0.2) is 11.5 Å². The first kappa shape index (κ1) is 27.2. The Balaban J connectivity index is 1.69. The van der Waals surface area contributed by atoms with E-state index in [1.54, 1.807) is 7.11 Å². The van der Waals surface area contributed by atoms with E-state index >= 15 is 0 Å². The summed E-state index contributed by atoms with van der Waals surface area (Å²) < 4.78 is 44.8. The molecule has 0 bridgehead atoms. The van der Waals surface area contributed by atoms with Crippen LogP contribution >= 0.6 is 0 Å². The fourth-order valence-corrected chi connectivity index (χ4v) is 6.39. The summed E-state index contributed by atoms with van der Waals surface area (Å²) in [6, 6.07) is 12.5. The molecule has 3 atom stereocenters. The van der Waals surface area contributed by atoms with Gasteiger partial charge in [-0.05, 0) is 41.8 Å². The van der Waals surface area contributed by atoms with Crippen molar-refractivity contribution in [2.45, 2.75) is 25.3 Å². The lowest BCUT2D eigenvalue weighted by atomic mass is 9.82. The summed E-state index contributed by atoms with van der Waals surface area (Å²) in [7, 11) is 1.01. The normalized spacial score (nSPS) is 21.6. The second kappa shape index (κ2) is 11.3. The van der Waals surface area contributed by atoms with Crippen molar-refractivity contribution in [2.75, 3.05) is 54.2 Å². The third-order valence-electron chi connectivity index (χ3n) is 7.06. The third kappa shape index (κ3) is 5.54. The maximum atomic E-state index is 12.9. The molecule has 0 radical (unpaired) electrons. The average molecular weight is 534 g/mol. The van der Waals surface area contributed by atoms with Crippen molar-refractivity contribution in [3.05, 3.63) is 53.6 Å². The number of rotatable bonds is 11. The molecule has 2 heterocycles. The lowest BCUT2D eigenvalue weighted by Gasteiger charge is -2.31. The van der Waals surface area contributed by atoms with Gasteiger partial charge in [0, 0.05) is 52.2 Å². The number of aliphatic carboxylic acids is 1. The Kier molecular flexibility index (Phi) is 8.27. The van der Waals surface area contributed by atoms with E-state index < -0.39 is 28.1 Å². The zero-order chi connectivity index (χ0) is 26.7. The fraction of sp³-hybridized carbons (Fsp3) is 0.500. The molecule has 0 unspecified atom stereocenters. The Morgan fingerprint density at radius 3 is 2.38 bits per heavy atom. The van der Waals surface area contributed by atoms with Crippen LogP contribution in [0.15, 0.2) is 42.5 Å². The minimum absolute atomic E-state index is 0.139. The van der Waals surface area contributed by atoms with E-state index in [-0.39, 0.29) is 19.3 Å². The first-order chi connectivity index (χ1) is 17.7. The predicted molar refractivity (Wildman–Crippen MR) is 138 cm³/mol. The Morgan fingerprint density at radius 1 is 1.08 bits per heavy atom. The van der Waals surface area contributed by atoms with Gasteiger partial charge in [-0.1, -0.05) is 25.1 Å². The van der Waals surface area contributed by atoms with E-state index in [4.69, 9.17) is 14.2 Å². The smallest absolute Gasteiger partial charge is 0.309 e. The molecule has 0 aromatic heterocycles. The van der Waals surface area contributed by atoms with Gasteiger partial charge in [0.1, 0.15) is 5.75 Å². The molecule has 11 heteroatoms. The second-order valence-corrected chi connectivity index (χ2v) is 11.6. The number of benzene rings is 2. The molecule has 1 N–H and O–H groups in total. The molecule has 2 aromatic carbocycles. The molecule has 202 valence electrons. The zero-order valence-corrected chi connectivity index (χ0v) is 22.5. The number of hydrogen-bond donors (Lipinski definition) is 1. The van der Waals surface area contributed by atoms with Gasteiger partial charge in [-0.2, -0.15) is 17.0 Å². The summed E-state index contributed by atoms with van der Waals surface area (Å²) in [4.78, 5) is 14.8. The van der Waals surface area contributed by atoms with Crippen molar-refractivity contribution in [3.63, 3.8) is 0 Å². The van der Waals surface area contributed by atoms with E-state index in [9.17, 15) is 18.3 Å². The van der Waals surface area contributed by atoms with Crippen LogP contribution in [-0.2, 0) is 15.0 Å². The van der Waals surface area contributed by atoms with Crippen molar-refractivity contribution in [3.8, 4) is 17.2 Å². The fourth-order valence-electron chi connectivity index (χ4n) is 5.20. The van der Waals surface area contributed by atoms with Crippen LogP contribution in [0.3, 0.4) is 0 Å². The Morgan fingerprint density at radius 2 is 1.76 bits per heavy atom. The van der Waals surface area contributed by atoms with E-state index in [0.717, 1.165) is 11.1 Å². The van der Waals surface area contributed by atoms with Crippen LogP contribution in [0.25, 0.3) is 0 Å². The third-order valence-corrected chi connectivity index (χ3v) is 9.00. The summed E-state index contributed by atoms with van der Waals surface area (Å²) in [5.41, 5.74) is 1.69. The maximum absolute atomic E-state index is 12.9. The summed E-state index contributed by atoms with van der Waals surface area (Å²) in [5.74, 6) is -0.0624. The minimum Gasteiger partial charge on any atom is -0.497 e. The van der Waals surface area contributed by atoms with Crippen LogP contribution in [-0.4, -0.2) is 87.2 Å². The molecule has 0 saturated carbocycles. The average Bonchev–Trinajstić information content (AvgIpc) is 3.50. The van der Waals surface area contributed by atoms with Crippen LogP contribution in [0.4, 0.5) is 0 Å². The van der Waals surface area contributed by atoms with Crippen LogP contribution < -0.4 is 14.2 Å². The number of fused-ring (bicyclic) bond motifs is 1. The number of hydrogen-bond acceptors (Lipinski definition) is 7. The van der Waals surface area contributed by atoms with Crippen molar-refractivity contribution in [2.24, 2.45) is 5.92 Å². The molecule has 0 spiro atoms. The number of carboxylic acids is 1. The SMILES string of the molecule is CCCN(CCN1C[C@H](c2ccc3c(c2)OCO3)[C@H](C(=O)O)[C@H]1c1ccc(OC)cc1)S(=O)(=O)N(C)C. The highest BCUT2D eigenvalue weighted by Gasteiger charge is 2.47. The molecular formula is C26H35N3O7S. The Labute approximate surface area is 218 Å². The van der Waals surface area contributed by atoms with Gasteiger partial charge in [-0.15, -0.1) is 0 Å². The number of nitrogens with zero attached hydrogens (tertiary/aromatic N) is 3.